The number of hydrogen-bond acceptors (Lipinski definition) is 7. The summed E-state index contributed by atoms with van der Waals surface area (Å²) in [6, 6.07) is -0.998. The first-order valence-corrected chi connectivity index (χ1v) is 9.74. The highest BCUT2D eigenvalue weighted by atomic mass is 16.4. The molecule has 0 heterocycles. The summed E-state index contributed by atoms with van der Waals surface area (Å²) >= 11 is 0. The lowest BCUT2D eigenvalue weighted by Crippen LogP contribution is -2.58. The molecule has 0 saturated heterocycles. The molecule has 2 unspecified atom stereocenters. The Morgan fingerprint density at radius 2 is 1.20 bits per heavy atom. The minimum absolute atomic E-state index is 0.0816. The smallest absolute Gasteiger partial charge is 0.317 e. The van der Waals surface area contributed by atoms with Crippen molar-refractivity contribution in [2.45, 2.75) is 44.2 Å². The summed E-state index contributed by atoms with van der Waals surface area (Å²) in [5, 5.41) is 32.6. The summed E-state index contributed by atoms with van der Waals surface area (Å²) in [6.07, 6.45) is 2.59. The molecule has 170 valence electrons. The number of carbonyl (C=O) groups excluding carboxylic acids is 2. The summed E-state index contributed by atoms with van der Waals surface area (Å²) in [5.74, 6) is -4.23. The first-order chi connectivity index (χ1) is 14.1. The van der Waals surface area contributed by atoms with Crippen molar-refractivity contribution in [2.24, 2.45) is 0 Å². The number of carbonyl (C=O) groups is 5. The van der Waals surface area contributed by atoms with Crippen LogP contribution in [0.25, 0.3) is 0 Å². The SMILES string of the molecule is CNC(=O)CCNC(=O)CN(CC(=O)O)C1CCCCC1N(CC(=O)O)CC(=O)O. The molecular formula is C18H30N4O8. The molecule has 12 nitrogen and oxygen atoms in total. The van der Waals surface area contributed by atoms with Gasteiger partial charge in [0.25, 0.3) is 0 Å². The molecule has 1 rings (SSSR count). The Hall–Kier alpha value is -2.73. The van der Waals surface area contributed by atoms with Gasteiger partial charge in [-0.3, -0.25) is 33.8 Å². The Morgan fingerprint density at radius 1 is 0.767 bits per heavy atom. The van der Waals surface area contributed by atoms with E-state index in [1.165, 1.54) is 16.8 Å². The van der Waals surface area contributed by atoms with Gasteiger partial charge < -0.3 is 26.0 Å². The maximum absolute atomic E-state index is 12.3. The van der Waals surface area contributed by atoms with Crippen LogP contribution in [-0.2, 0) is 24.0 Å². The van der Waals surface area contributed by atoms with E-state index in [9.17, 15) is 29.1 Å². The average Bonchev–Trinajstić information content (AvgIpc) is 2.65. The minimum Gasteiger partial charge on any atom is -0.480 e. The van der Waals surface area contributed by atoms with Crippen LogP contribution >= 0.6 is 0 Å². The monoisotopic (exact) mass is 430 g/mol. The van der Waals surface area contributed by atoms with E-state index in [-0.39, 0.29) is 25.4 Å². The highest BCUT2D eigenvalue weighted by Crippen LogP contribution is 2.27. The molecule has 0 bridgehead atoms. The van der Waals surface area contributed by atoms with E-state index in [4.69, 9.17) is 10.2 Å². The maximum atomic E-state index is 12.3. The van der Waals surface area contributed by atoms with E-state index >= 15 is 0 Å². The predicted molar refractivity (Wildman–Crippen MR) is 104 cm³/mol. The second-order valence-corrected chi connectivity index (χ2v) is 7.18. The third-order valence-corrected chi connectivity index (χ3v) is 4.95. The average molecular weight is 430 g/mol. The van der Waals surface area contributed by atoms with Gasteiger partial charge >= 0.3 is 17.9 Å². The van der Waals surface area contributed by atoms with Gasteiger partial charge in [0.05, 0.1) is 26.2 Å². The Balaban J connectivity index is 2.94. The number of carboxylic acids is 3. The molecule has 1 aliphatic carbocycles. The number of rotatable bonds is 13. The van der Waals surface area contributed by atoms with Crippen molar-refractivity contribution in [3.05, 3.63) is 0 Å². The number of hydrogen-bond donors (Lipinski definition) is 5. The summed E-state index contributed by atoms with van der Waals surface area (Å²) in [7, 11) is 1.47. The van der Waals surface area contributed by atoms with E-state index < -0.39 is 55.5 Å². The van der Waals surface area contributed by atoms with E-state index in [0.717, 1.165) is 12.8 Å². The molecule has 2 atom stereocenters. The molecule has 0 aliphatic heterocycles. The molecular weight excluding hydrogens is 400 g/mol. The molecule has 0 aromatic rings. The van der Waals surface area contributed by atoms with Crippen molar-refractivity contribution in [1.29, 1.82) is 0 Å². The van der Waals surface area contributed by atoms with Gasteiger partial charge in [-0.15, -0.1) is 0 Å². The topological polar surface area (TPSA) is 177 Å². The van der Waals surface area contributed by atoms with Crippen molar-refractivity contribution < 1.29 is 39.3 Å². The van der Waals surface area contributed by atoms with Crippen LogP contribution < -0.4 is 10.6 Å². The van der Waals surface area contributed by atoms with Gasteiger partial charge in [0.1, 0.15) is 0 Å². The summed E-state index contributed by atoms with van der Waals surface area (Å²) in [6.45, 7) is -1.59. The van der Waals surface area contributed by atoms with Crippen molar-refractivity contribution >= 4 is 29.7 Å². The highest BCUT2D eigenvalue weighted by molar-refractivity contribution is 5.80. The van der Waals surface area contributed by atoms with Gasteiger partial charge in [-0.25, -0.2) is 0 Å². The molecule has 1 aliphatic rings. The second-order valence-electron chi connectivity index (χ2n) is 7.18. The Bertz CT molecular complexity index is 626. The standard InChI is InChI=1S/C18H30N4O8/c1-19-14(23)6-7-20-15(24)8-21(9-16(25)26)12-4-2-3-5-13(12)22(10-17(27)28)11-18(29)30/h12-13H,2-11H2,1H3,(H,19,23)(H,20,24)(H,25,26)(H,27,28)(H,29,30). The molecule has 2 amide bonds. The van der Waals surface area contributed by atoms with Crippen LogP contribution in [-0.4, -0.2) is 107 Å². The van der Waals surface area contributed by atoms with Crippen LogP contribution in [0.4, 0.5) is 0 Å². The van der Waals surface area contributed by atoms with Crippen LogP contribution in [0, 0.1) is 0 Å². The van der Waals surface area contributed by atoms with Gasteiger partial charge in [-0.1, -0.05) is 12.8 Å². The number of nitrogens with one attached hydrogen (secondary N) is 2. The fourth-order valence-corrected chi connectivity index (χ4v) is 3.73. The first-order valence-electron chi connectivity index (χ1n) is 9.74. The summed E-state index contributed by atoms with van der Waals surface area (Å²) in [5.41, 5.74) is 0. The Morgan fingerprint density at radius 3 is 1.60 bits per heavy atom. The van der Waals surface area contributed by atoms with E-state index in [2.05, 4.69) is 10.6 Å². The molecule has 30 heavy (non-hydrogen) atoms. The van der Waals surface area contributed by atoms with E-state index in [0.29, 0.717) is 12.8 Å². The van der Waals surface area contributed by atoms with Crippen LogP contribution in [0.5, 0.6) is 0 Å². The third-order valence-electron chi connectivity index (χ3n) is 4.95. The largest absolute Gasteiger partial charge is 0.480 e. The van der Waals surface area contributed by atoms with Crippen molar-refractivity contribution in [3.63, 3.8) is 0 Å². The molecule has 1 saturated carbocycles. The lowest BCUT2D eigenvalue weighted by atomic mass is 9.87. The third kappa shape index (κ3) is 9.18. The fourth-order valence-electron chi connectivity index (χ4n) is 3.73. The van der Waals surface area contributed by atoms with Crippen molar-refractivity contribution in [1.82, 2.24) is 20.4 Å². The number of nitrogens with zero attached hydrogens (tertiary/aromatic N) is 2. The lowest BCUT2D eigenvalue weighted by molar-refractivity contribution is -0.147. The van der Waals surface area contributed by atoms with Gasteiger partial charge in [0, 0.05) is 32.1 Å². The quantitative estimate of drug-likeness (QED) is 0.229. The van der Waals surface area contributed by atoms with E-state index in [1.54, 1.807) is 0 Å². The van der Waals surface area contributed by atoms with Gasteiger partial charge in [-0.05, 0) is 12.8 Å². The zero-order chi connectivity index (χ0) is 22.7. The van der Waals surface area contributed by atoms with Crippen LogP contribution in [0.1, 0.15) is 32.1 Å². The Labute approximate surface area is 174 Å². The first kappa shape index (κ1) is 25.3. The zero-order valence-electron chi connectivity index (χ0n) is 17.0. The van der Waals surface area contributed by atoms with Gasteiger partial charge in [0.2, 0.25) is 11.8 Å². The molecule has 5 N–H and O–H groups in total. The minimum atomic E-state index is -1.18. The Kier molecular flexibility index (Phi) is 10.8. The van der Waals surface area contributed by atoms with Crippen LogP contribution in [0.3, 0.4) is 0 Å². The molecule has 12 heteroatoms. The predicted octanol–water partition coefficient (Wildman–Crippen LogP) is -1.59. The molecule has 0 aromatic heterocycles. The number of aliphatic carboxylic acids is 3. The summed E-state index contributed by atoms with van der Waals surface area (Å²) in [4.78, 5) is 60.1. The lowest BCUT2D eigenvalue weighted by Gasteiger charge is -2.43. The molecule has 0 aromatic carbocycles. The maximum Gasteiger partial charge on any atom is 0.317 e. The summed E-state index contributed by atoms with van der Waals surface area (Å²) < 4.78 is 0. The normalized spacial score (nSPS) is 18.8. The van der Waals surface area contributed by atoms with Crippen molar-refractivity contribution in [2.75, 3.05) is 39.8 Å². The fraction of sp³-hybridized carbons (Fsp3) is 0.722. The van der Waals surface area contributed by atoms with E-state index in [1.807, 2.05) is 0 Å². The van der Waals surface area contributed by atoms with Gasteiger partial charge in [0.15, 0.2) is 0 Å². The van der Waals surface area contributed by atoms with Crippen LogP contribution in [0.15, 0.2) is 0 Å². The number of amides is 2. The molecule has 1 fully saturated rings. The molecule has 0 radical (unpaired) electrons. The highest BCUT2D eigenvalue weighted by Gasteiger charge is 2.37. The molecule has 0 spiro atoms. The van der Waals surface area contributed by atoms with Crippen molar-refractivity contribution in [3.8, 4) is 0 Å². The zero-order valence-corrected chi connectivity index (χ0v) is 17.0. The van der Waals surface area contributed by atoms with Gasteiger partial charge in [-0.2, -0.15) is 0 Å². The van der Waals surface area contributed by atoms with Crippen LogP contribution in [0.2, 0.25) is 0 Å². The number of carboxylic acid groups (broad SMARTS) is 3. The second kappa shape index (κ2) is 12.8.